The number of nitrogens with two attached hydrogens (primary N) is 1. The first-order valence-corrected chi connectivity index (χ1v) is 8.57. The largest absolute Gasteiger partial charge is 0.321 e. The quantitative estimate of drug-likeness (QED) is 0.864. The van der Waals surface area contributed by atoms with Gasteiger partial charge in [-0.15, -0.1) is 0 Å². The van der Waals surface area contributed by atoms with Crippen LogP contribution in [0.5, 0.6) is 0 Å². The highest BCUT2D eigenvalue weighted by Gasteiger charge is 2.48. The van der Waals surface area contributed by atoms with Crippen molar-refractivity contribution in [2.45, 2.75) is 74.7 Å². The average Bonchev–Trinajstić information content (AvgIpc) is 3.19. The van der Waals surface area contributed by atoms with Crippen molar-refractivity contribution in [3.05, 3.63) is 0 Å². The maximum Gasteiger partial charge on any atom is 0.264 e. The smallest absolute Gasteiger partial charge is 0.264 e. The first-order valence-electron chi connectivity index (χ1n) is 8.57. The Kier molecular flexibility index (Phi) is 4.47. The van der Waals surface area contributed by atoms with E-state index in [4.69, 9.17) is 5.73 Å². The Morgan fingerprint density at radius 2 is 1.73 bits per heavy atom. The number of nitrogens with zero attached hydrogens (tertiary/aromatic N) is 2. The Balaban J connectivity index is 1.51. The Morgan fingerprint density at radius 3 is 2.32 bits per heavy atom. The molecule has 3 aliphatic rings. The molecule has 128 valence electrons. The number of hydrogen-bond acceptors (Lipinski definition) is 3. The van der Waals surface area contributed by atoms with E-state index in [-0.39, 0.29) is 12.5 Å². The van der Waals surface area contributed by atoms with E-state index in [1.54, 1.807) is 0 Å². The highest BCUT2D eigenvalue weighted by Crippen LogP contribution is 2.41. The third kappa shape index (κ3) is 3.44. The summed E-state index contributed by atoms with van der Waals surface area (Å²) in [4.78, 5) is 4.27. The molecule has 1 aliphatic heterocycles. The predicted molar refractivity (Wildman–Crippen MR) is 80.9 cm³/mol. The van der Waals surface area contributed by atoms with Crippen LogP contribution in [-0.4, -0.2) is 66.2 Å². The molecular formula is C16H28F3N3. The van der Waals surface area contributed by atoms with Crippen molar-refractivity contribution in [2.75, 3.05) is 26.7 Å². The Labute approximate surface area is 131 Å². The van der Waals surface area contributed by atoms with Gasteiger partial charge in [-0.05, 0) is 58.7 Å². The van der Waals surface area contributed by atoms with Crippen molar-refractivity contribution >= 4 is 0 Å². The Morgan fingerprint density at radius 1 is 1.09 bits per heavy atom. The fourth-order valence-electron chi connectivity index (χ4n) is 4.11. The lowest BCUT2D eigenvalue weighted by Gasteiger charge is -2.45. The van der Waals surface area contributed by atoms with Crippen LogP contribution < -0.4 is 5.73 Å². The zero-order valence-corrected chi connectivity index (χ0v) is 13.4. The maximum atomic E-state index is 13.9. The molecule has 1 saturated heterocycles. The third-order valence-electron chi connectivity index (χ3n) is 5.83. The van der Waals surface area contributed by atoms with Crippen LogP contribution in [0.1, 0.15) is 44.9 Å². The molecular weight excluding hydrogens is 291 g/mol. The molecule has 0 aromatic rings. The molecule has 0 spiro atoms. The second-order valence-electron chi connectivity index (χ2n) is 7.58. The number of hydrogen-bond donors (Lipinski definition) is 1. The third-order valence-corrected chi connectivity index (χ3v) is 5.83. The van der Waals surface area contributed by atoms with Crippen LogP contribution in [0, 0.1) is 0 Å². The van der Waals surface area contributed by atoms with Crippen molar-refractivity contribution in [3.63, 3.8) is 0 Å². The second-order valence-corrected chi connectivity index (χ2v) is 7.58. The number of rotatable bonds is 4. The van der Waals surface area contributed by atoms with Gasteiger partial charge >= 0.3 is 0 Å². The van der Waals surface area contributed by atoms with Gasteiger partial charge in [0.05, 0.1) is 6.04 Å². The summed E-state index contributed by atoms with van der Waals surface area (Å²) in [6.45, 7) is 2.10. The van der Waals surface area contributed by atoms with E-state index in [0.29, 0.717) is 31.8 Å². The van der Waals surface area contributed by atoms with E-state index in [2.05, 4.69) is 9.80 Å². The molecule has 2 N–H and O–H groups in total. The normalized spacial score (nSPS) is 35.7. The van der Waals surface area contributed by atoms with Crippen molar-refractivity contribution in [1.29, 1.82) is 0 Å². The summed E-state index contributed by atoms with van der Waals surface area (Å²) in [5, 5.41) is 0. The molecule has 22 heavy (non-hydrogen) atoms. The lowest BCUT2D eigenvalue weighted by Crippen LogP contribution is -2.60. The predicted octanol–water partition coefficient (Wildman–Crippen LogP) is 2.40. The fourth-order valence-corrected chi connectivity index (χ4v) is 4.11. The lowest BCUT2D eigenvalue weighted by molar-refractivity contribution is -0.0870. The number of piperidine rings is 1. The van der Waals surface area contributed by atoms with Gasteiger partial charge in [0.1, 0.15) is 5.67 Å². The zero-order chi connectivity index (χ0) is 16.0. The molecule has 0 aromatic heterocycles. The summed E-state index contributed by atoms with van der Waals surface area (Å²) in [6.07, 6.45) is 4.44. The zero-order valence-electron chi connectivity index (χ0n) is 13.4. The van der Waals surface area contributed by atoms with Gasteiger partial charge in [0, 0.05) is 25.0 Å². The summed E-state index contributed by atoms with van der Waals surface area (Å²) in [5.74, 6) is -2.73. The Hall–Kier alpha value is -0.330. The SMILES string of the molecule is CN(CC1(F)CC1)C1CCN([C@H]2CCCC(F)(F)[C@@H]2N)CC1. The van der Waals surface area contributed by atoms with Gasteiger partial charge in [-0.3, -0.25) is 4.90 Å². The van der Waals surface area contributed by atoms with Crippen LogP contribution in [0.15, 0.2) is 0 Å². The molecule has 1 heterocycles. The van der Waals surface area contributed by atoms with Gasteiger partial charge in [-0.1, -0.05) is 0 Å². The van der Waals surface area contributed by atoms with Crippen LogP contribution in [-0.2, 0) is 0 Å². The molecule has 2 atom stereocenters. The topological polar surface area (TPSA) is 32.5 Å². The minimum absolute atomic E-state index is 0.0809. The molecule has 0 aromatic carbocycles. The van der Waals surface area contributed by atoms with Crippen LogP contribution in [0.3, 0.4) is 0 Å². The van der Waals surface area contributed by atoms with E-state index in [9.17, 15) is 13.2 Å². The second kappa shape index (κ2) is 5.95. The van der Waals surface area contributed by atoms with E-state index >= 15 is 0 Å². The first-order chi connectivity index (χ1) is 10.3. The molecule has 2 saturated carbocycles. The van der Waals surface area contributed by atoms with Gasteiger partial charge in [0.15, 0.2) is 0 Å². The first kappa shape index (κ1) is 16.5. The summed E-state index contributed by atoms with van der Waals surface area (Å²) < 4.78 is 41.5. The molecule has 0 bridgehead atoms. The van der Waals surface area contributed by atoms with Crippen LogP contribution in [0.25, 0.3) is 0 Å². The number of likely N-dealkylation sites (tertiary alicyclic amines) is 1. The van der Waals surface area contributed by atoms with Gasteiger partial charge in [-0.25, -0.2) is 13.2 Å². The molecule has 0 amide bonds. The molecule has 3 nitrogen and oxygen atoms in total. The molecule has 3 fully saturated rings. The van der Waals surface area contributed by atoms with Gasteiger partial charge in [-0.2, -0.15) is 0 Å². The maximum absolute atomic E-state index is 13.9. The van der Waals surface area contributed by atoms with Crippen LogP contribution in [0.4, 0.5) is 13.2 Å². The van der Waals surface area contributed by atoms with Crippen molar-refractivity contribution in [1.82, 2.24) is 9.80 Å². The summed E-state index contributed by atoms with van der Waals surface area (Å²) in [7, 11) is 1.99. The van der Waals surface area contributed by atoms with Crippen LogP contribution in [0.2, 0.25) is 0 Å². The molecule has 3 rings (SSSR count). The highest BCUT2D eigenvalue weighted by atomic mass is 19.3. The summed E-state index contributed by atoms with van der Waals surface area (Å²) in [6, 6.07) is -0.883. The van der Waals surface area contributed by atoms with Crippen molar-refractivity contribution < 1.29 is 13.2 Å². The molecule has 0 radical (unpaired) electrons. The van der Waals surface area contributed by atoms with Gasteiger partial charge in [0.2, 0.25) is 0 Å². The number of halogens is 3. The fraction of sp³-hybridized carbons (Fsp3) is 1.00. The standard InChI is InChI=1S/C16H28F3N3/c1-21(11-15(17)7-8-15)12-4-9-22(10-5-12)13-3-2-6-16(18,19)14(13)20/h12-14H,2-11,20H2,1H3/t13-,14+/m0/s1. The summed E-state index contributed by atoms with van der Waals surface area (Å²) >= 11 is 0. The van der Waals surface area contributed by atoms with Gasteiger partial charge in [0.25, 0.3) is 5.92 Å². The summed E-state index contributed by atoms with van der Waals surface area (Å²) in [5.41, 5.74) is 4.86. The van der Waals surface area contributed by atoms with E-state index in [0.717, 1.165) is 32.4 Å². The van der Waals surface area contributed by atoms with E-state index in [1.807, 2.05) is 7.05 Å². The van der Waals surface area contributed by atoms with E-state index in [1.165, 1.54) is 0 Å². The lowest BCUT2D eigenvalue weighted by atomic mass is 9.85. The van der Waals surface area contributed by atoms with Gasteiger partial charge < -0.3 is 10.6 Å². The monoisotopic (exact) mass is 319 g/mol. The number of alkyl halides is 3. The molecule has 6 heteroatoms. The molecule has 2 aliphatic carbocycles. The highest BCUT2D eigenvalue weighted by molar-refractivity contribution is 4.99. The van der Waals surface area contributed by atoms with Crippen molar-refractivity contribution in [2.24, 2.45) is 5.73 Å². The van der Waals surface area contributed by atoms with E-state index < -0.39 is 17.6 Å². The van der Waals surface area contributed by atoms with Crippen molar-refractivity contribution in [3.8, 4) is 0 Å². The van der Waals surface area contributed by atoms with Crippen LogP contribution >= 0.6 is 0 Å². The minimum Gasteiger partial charge on any atom is -0.321 e. The Bertz CT molecular complexity index is 392. The minimum atomic E-state index is -2.73. The average molecular weight is 319 g/mol. The molecule has 0 unspecified atom stereocenters.